The zero-order valence-electron chi connectivity index (χ0n) is 8.17. The summed E-state index contributed by atoms with van der Waals surface area (Å²) >= 11 is 5.96. The number of hydrogen-bond donors (Lipinski definition) is 1. The van der Waals surface area contributed by atoms with Crippen molar-refractivity contribution in [3.05, 3.63) is 33.2 Å². The molecule has 3 nitrogen and oxygen atoms in total. The fraction of sp³-hybridized carbons (Fsp3) is 0.200. The second-order valence-corrected chi connectivity index (χ2v) is 3.61. The van der Waals surface area contributed by atoms with Gasteiger partial charge in [-0.2, -0.15) is 0 Å². The molecule has 0 fully saturated rings. The van der Waals surface area contributed by atoms with Crippen molar-refractivity contribution in [2.24, 2.45) is 0 Å². The number of rotatable bonds is 1. The lowest BCUT2D eigenvalue weighted by Crippen LogP contribution is -2.16. The Labute approximate surface area is 92.9 Å². The number of H-pyrrole nitrogens is 1. The van der Waals surface area contributed by atoms with Gasteiger partial charge < -0.3 is 4.98 Å². The number of halogens is 1. The molecule has 15 heavy (non-hydrogen) atoms. The minimum Gasteiger partial charge on any atom is -0.318 e. The van der Waals surface area contributed by atoms with Gasteiger partial charge in [0.15, 0.2) is 0 Å². The molecular formula is C10H8BClN2O. The Kier molecular flexibility index (Phi) is 2.53. The highest BCUT2D eigenvalue weighted by molar-refractivity contribution is 6.47. The molecule has 74 valence electrons. The number of fused-ring (bicyclic) bond motifs is 1. The third kappa shape index (κ3) is 1.65. The highest BCUT2D eigenvalue weighted by atomic mass is 35.5. The second kappa shape index (κ2) is 3.70. The molecule has 2 radical (unpaired) electrons. The topological polar surface area (TPSA) is 45.8 Å². The van der Waals surface area contributed by atoms with Gasteiger partial charge in [-0.1, -0.05) is 30.1 Å². The van der Waals surface area contributed by atoms with E-state index in [0.29, 0.717) is 33.6 Å². The van der Waals surface area contributed by atoms with Gasteiger partial charge in [0.25, 0.3) is 5.56 Å². The summed E-state index contributed by atoms with van der Waals surface area (Å²) in [5.74, 6) is 0. The SMILES string of the molecule is [B]c1ccc2nc(CC)c(=O)[nH]c2c1Cl. The predicted octanol–water partition coefficient (Wildman–Crippen LogP) is 0.933. The Morgan fingerprint density at radius 2 is 2.27 bits per heavy atom. The Balaban J connectivity index is 2.87. The van der Waals surface area contributed by atoms with Gasteiger partial charge in [-0.05, 0) is 12.5 Å². The molecule has 5 heteroatoms. The van der Waals surface area contributed by atoms with Crippen LogP contribution < -0.4 is 11.0 Å². The van der Waals surface area contributed by atoms with Crippen molar-refractivity contribution in [2.75, 3.05) is 0 Å². The van der Waals surface area contributed by atoms with Crippen molar-refractivity contribution < 1.29 is 0 Å². The normalized spacial score (nSPS) is 10.8. The molecule has 0 bridgehead atoms. The van der Waals surface area contributed by atoms with Crippen LogP contribution in [-0.2, 0) is 6.42 Å². The van der Waals surface area contributed by atoms with Crippen molar-refractivity contribution in [1.82, 2.24) is 9.97 Å². The van der Waals surface area contributed by atoms with Crippen LogP contribution >= 0.6 is 11.6 Å². The lowest BCUT2D eigenvalue weighted by molar-refractivity contribution is 0.997. The van der Waals surface area contributed by atoms with Gasteiger partial charge in [0, 0.05) is 0 Å². The number of benzene rings is 1. The molecule has 0 saturated carbocycles. The predicted molar refractivity (Wildman–Crippen MR) is 62.1 cm³/mol. The molecule has 0 unspecified atom stereocenters. The standard InChI is InChI=1S/C10H8BClN2O/c1-2-6-10(15)14-9-7(13-6)4-3-5(11)8(9)12/h3-4H,2H2,1H3,(H,14,15). The number of aromatic nitrogens is 2. The van der Waals surface area contributed by atoms with Gasteiger partial charge in [-0.3, -0.25) is 4.79 Å². The van der Waals surface area contributed by atoms with E-state index in [1.807, 2.05) is 6.92 Å². The first kappa shape index (κ1) is 10.2. The monoisotopic (exact) mass is 218 g/mol. The van der Waals surface area contributed by atoms with Gasteiger partial charge in [0.05, 0.1) is 16.1 Å². The average Bonchev–Trinajstić information content (AvgIpc) is 2.24. The van der Waals surface area contributed by atoms with Crippen LogP contribution in [0.2, 0.25) is 5.02 Å². The maximum Gasteiger partial charge on any atom is 0.270 e. The van der Waals surface area contributed by atoms with Crippen molar-refractivity contribution in [2.45, 2.75) is 13.3 Å². The molecule has 0 saturated heterocycles. The highest BCUT2D eigenvalue weighted by Crippen LogP contribution is 2.16. The van der Waals surface area contributed by atoms with E-state index in [-0.39, 0.29) is 5.56 Å². The molecule has 0 spiro atoms. The number of hydrogen-bond acceptors (Lipinski definition) is 2. The molecule has 0 amide bonds. The Hall–Kier alpha value is -1.29. The molecular weight excluding hydrogens is 210 g/mol. The first-order valence-electron chi connectivity index (χ1n) is 4.60. The number of nitrogens with zero attached hydrogens (tertiary/aromatic N) is 1. The van der Waals surface area contributed by atoms with Crippen LogP contribution in [-0.4, -0.2) is 17.8 Å². The summed E-state index contributed by atoms with van der Waals surface area (Å²) in [5, 5.41) is 0.347. The van der Waals surface area contributed by atoms with Gasteiger partial charge in [0.2, 0.25) is 0 Å². The molecule has 1 aromatic carbocycles. The highest BCUT2D eigenvalue weighted by Gasteiger charge is 2.06. The van der Waals surface area contributed by atoms with Gasteiger partial charge in [-0.25, -0.2) is 4.98 Å². The molecule has 2 rings (SSSR count). The van der Waals surface area contributed by atoms with Crippen LogP contribution in [0.3, 0.4) is 0 Å². The smallest absolute Gasteiger partial charge is 0.270 e. The van der Waals surface area contributed by atoms with Crippen molar-refractivity contribution in [1.29, 1.82) is 0 Å². The summed E-state index contributed by atoms with van der Waals surface area (Å²) in [6, 6.07) is 3.42. The lowest BCUT2D eigenvalue weighted by atomic mass is 9.95. The van der Waals surface area contributed by atoms with Crippen molar-refractivity contribution in [3.63, 3.8) is 0 Å². The van der Waals surface area contributed by atoms with Crippen molar-refractivity contribution >= 4 is 35.9 Å². The van der Waals surface area contributed by atoms with E-state index in [0.717, 1.165) is 0 Å². The molecule has 2 aromatic rings. The van der Waals surface area contributed by atoms with E-state index < -0.39 is 0 Å². The number of aromatic amines is 1. The van der Waals surface area contributed by atoms with Crippen LogP contribution in [0, 0.1) is 0 Å². The maximum atomic E-state index is 11.5. The van der Waals surface area contributed by atoms with E-state index in [9.17, 15) is 4.79 Å². The summed E-state index contributed by atoms with van der Waals surface area (Å²) in [7, 11) is 5.62. The summed E-state index contributed by atoms with van der Waals surface area (Å²) in [4.78, 5) is 18.4. The Morgan fingerprint density at radius 1 is 1.53 bits per heavy atom. The van der Waals surface area contributed by atoms with Crippen molar-refractivity contribution in [3.8, 4) is 0 Å². The van der Waals surface area contributed by atoms with Crippen LogP contribution in [0.5, 0.6) is 0 Å². The van der Waals surface area contributed by atoms with E-state index >= 15 is 0 Å². The molecule has 1 aromatic heterocycles. The van der Waals surface area contributed by atoms with E-state index in [1.165, 1.54) is 0 Å². The van der Waals surface area contributed by atoms with Crippen LogP contribution in [0.15, 0.2) is 16.9 Å². The van der Waals surface area contributed by atoms with Crippen LogP contribution in [0.1, 0.15) is 12.6 Å². The lowest BCUT2D eigenvalue weighted by Gasteiger charge is -2.04. The maximum absolute atomic E-state index is 11.5. The van der Waals surface area contributed by atoms with E-state index in [2.05, 4.69) is 9.97 Å². The van der Waals surface area contributed by atoms with Gasteiger partial charge in [0.1, 0.15) is 13.5 Å². The third-order valence-electron chi connectivity index (χ3n) is 2.24. The first-order valence-corrected chi connectivity index (χ1v) is 4.98. The quantitative estimate of drug-likeness (QED) is 0.724. The molecule has 0 aliphatic carbocycles. The molecule has 0 atom stereocenters. The summed E-state index contributed by atoms with van der Waals surface area (Å²) in [5.41, 5.74) is 1.89. The largest absolute Gasteiger partial charge is 0.318 e. The molecule has 0 aliphatic heterocycles. The zero-order chi connectivity index (χ0) is 11.0. The minimum atomic E-state index is -0.211. The fourth-order valence-corrected chi connectivity index (χ4v) is 1.62. The van der Waals surface area contributed by atoms with Gasteiger partial charge in [-0.15, -0.1) is 0 Å². The average molecular weight is 218 g/mol. The van der Waals surface area contributed by atoms with E-state index in [4.69, 9.17) is 19.4 Å². The zero-order valence-corrected chi connectivity index (χ0v) is 8.93. The van der Waals surface area contributed by atoms with Crippen LogP contribution in [0.25, 0.3) is 11.0 Å². The molecule has 1 heterocycles. The summed E-state index contributed by atoms with van der Waals surface area (Å²) < 4.78 is 0. The van der Waals surface area contributed by atoms with Crippen LogP contribution in [0.4, 0.5) is 0 Å². The third-order valence-corrected chi connectivity index (χ3v) is 2.65. The van der Waals surface area contributed by atoms with Gasteiger partial charge >= 0.3 is 0 Å². The molecule has 1 N–H and O–H groups in total. The van der Waals surface area contributed by atoms with E-state index in [1.54, 1.807) is 12.1 Å². The number of nitrogens with one attached hydrogen (secondary N) is 1. The molecule has 0 aliphatic rings. The fourth-order valence-electron chi connectivity index (χ4n) is 1.42. The summed E-state index contributed by atoms with van der Waals surface area (Å²) in [6.45, 7) is 1.88. The second-order valence-electron chi connectivity index (χ2n) is 3.23. The minimum absolute atomic E-state index is 0.211. The Bertz CT molecular complexity index is 579. The first-order chi connectivity index (χ1) is 7.13. The Morgan fingerprint density at radius 3 is 2.93 bits per heavy atom. The number of aryl methyl sites for hydroxylation is 1. The summed E-state index contributed by atoms with van der Waals surface area (Å²) in [6.07, 6.45) is 0.591.